The Kier molecular flexibility index (Phi) is 2.98. The molecule has 1 aromatic heterocycles. The largest absolute Gasteiger partial charge is 0.478 e. The van der Waals surface area contributed by atoms with E-state index in [4.69, 9.17) is 5.11 Å². The Balaban J connectivity index is 1.88. The number of carbonyl (C=O) groups is 1. The molecule has 0 bridgehead atoms. The molecule has 0 saturated heterocycles. The number of thiazole rings is 1. The number of aromatic carboxylic acids is 1. The van der Waals surface area contributed by atoms with E-state index in [1.807, 2.05) is 18.4 Å². The Morgan fingerprint density at radius 1 is 1.53 bits per heavy atom. The minimum atomic E-state index is -0.875. The van der Waals surface area contributed by atoms with Gasteiger partial charge < -0.3 is 10.0 Å². The van der Waals surface area contributed by atoms with Gasteiger partial charge in [0.15, 0.2) is 0 Å². The summed E-state index contributed by atoms with van der Waals surface area (Å²) in [6.45, 7) is 3.67. The van der Waals surface area contributed by atoms with Crippen LogP contribution in [0.2, 0.25) is 0 Å². The number of anilines is 1. The van der Waals surface area contributed by atoms with Crippen molar-refractivity contribution in [2.45, 2.75) is 19.9 Å². The third-order valence-electron chi connectivity index (χ3n) is 3.32. The van der Waals surface area contributed by atoms with Crippen LogP contribution in [0, 0.1) is 6.92 Å². The number of carboxylic acid groups (broad SMARTS) is 1. The molecule has 0 atom stereocenters. The molecule has 1 N–H and O–H groups in total. The summed E-state index contributed by atoms with van der Waals surface area (Å²) < 4.78 is 0. The molecule has 0 saturated carbocycles. The quantitative estimate of drug-likeness (QED) is 0.935. The predicted octanol–water partition coefficient (Wildman–Crippen LogP) is 2.71. The summed E-state index contributed by atoms with van der Waals surface area (Å²) in [4.78, 5) is 17.7. The second kappa shape index (κ2) is 4.66. The van der Waals surface area contributed by atoms with Crippen LogP contribution in [0.5, 0.6) is 0 Å². The first kappa shape index (κ1) is 12.2. The molecule has 3 rings (SSSR count). The molecule has 2 heterocycles. The van der Waals surface area contributed by atoms with Crippen molar-refractivity contribution in [2.24, 2.45) is 0 Å². The number of nitrogens with zero attached hydrogens (tertiary/aromatic N) is 2. The van der Waals surface area contributed by atoms with Crippen molar-refractivity contribution in [3.05, 3.63) is 45.4 Å². The van der Waals surface area contributed by atoms with Crippen LogP contribution in [0.25, 0.3) is 0 Å². The number of hydrogen-bond donors (Lipinski definition) is 1. The lowest BCUT2D eigenvalue weighted by molar-refractivity contribution is 0.0697. The normalized spacial score (nSPS) is 13.6. The Bertz CT molecular complexity index is 636. The van der Waals surface area contributed by atoms with Gasteiger partial charge in [-0.15, -0.1) is 11.3 Å². The van der Waals surface area contributed by atoms with Crippen molar-refractivity contribution in [2.75, 3.05) is 11.4 Å². The standard InChI is InChI=1S/C14H14N2O2S/c1-9-8-19-13(15-9)7-16-5-4-10-2-3-11(14(17)18)6-12(10)16/h2-3,6,8H,4-5,7H2,1H3,(H,17,18). The molecule has 1 aromatic carbocycles. The smallest absolute Gasteiger partial charge is 0.335 e. The summed E-state index contributed by atoms with van der Waals surface area (Å²) in [6, 6.07) is 5.37. The molecule has 5 heteroatoms. The van der Waals surface area contributed by atoms with Crippen LogP contribution in [-0.2, 0) is 13.0 Å². The number of aryl methyl sites for hydroxylation is 1. The van der Waals surface area contributed by atoms with E-state index >= 15 is 0 Å². The Morgan fingerprint density at radius 2 is 2.37 bits per heavy atom. The maximum absolute atomic E-state index is 11.0. The maximum atomic E-state index is 11.0. The summed E-state index contributed by atoms with van der Waals surface area (Å²) >= 11 is 1.65. The molecule has 1 aliphatic heterocycles. The third-order valence-corrected chi connectivity index (χ3v) is 4.27. The van der Waals surface area contributed by atoms with Gasteiger partial charge in [0.2, 0.25) is 0 Å². The first-order valence-corrected chi connectivity index (χ1v) is 7.03. The SMILES string of the molecule is Cc1csc(CN2CCc3ccc(C(=O)O)cc32)n1. The molecule has 0 amide bonds. The first-order valence-electron chi connectivity index (χ1n) is 6.15. The van der Waals surface area contributed by atoms with Crippen LogP contribution in [0.1, 0.15) is 26.6 Å². The Labute approximate surface area is 115 Å². The highest BCUT2D eigenvalue weighted by Gasteiger charge is 2.21. The number of rotatable bonds is 3. The van der Waals surface area contributed by atoms with E-state index in [-0.39, 0.29) is 0 Å². The van der Waals surface area contributed by atoms with E-state index in [9.17, 15) is 4.79 Å². The molecular weight excluding hydrogens is 260 g/mol. The molecule has 0 radical (unpaired) electrons. The van der Waals surface area contributed by atoms with Crippen LogP contribution in [0.3, 0.4) is 0 Å². The summed E-state index contributed by atoms with van der Waals surface area (Å²) in [5, 5.41) is 12.2. The number of hydrogen-bond acceptors (Lipinski definition) is 4. The minimum Gasteiger partial charge on any atom is -0.478 e. The maximum Gasteiger partial charge on any atom is 0.335 e. The molecule has 4 nitrogen and oxygen atoms in total. The van der Waals surface area contributed by atoms with Gasteiger partial charge in [0, 0.05) is 23.3 Å². The van der Waals surface area contributed by atoms with Gasteiger partial charge in [-0.1, -0.05) is 6.07 Å². The van der Waals surface area contributed by atoms with Gasteiger partial charge >= 0.3 is 5.97 Å². The molecular formula is C14H14N2O2S. The van der Waals surface area contributed by atoms with Gasteiger partial charge in [0.25, 0.3) is 0 Å². The van der Waals surface area contributed by atoms with E-state index in [1.54, 1.807) is 23.5 Å². The van der Waals surface area contributed by atoms with E-state index in [0.29, 0.717) is 5.56 Å². The topological polar surface area (TPSA) is 53.4 Å². The molecule has 0 unspecified atom stereocenters. The van der Waals surface area contributed by atoms with Crippen molar-refractivity contribution in [1.82, 2.24) is 4.98 Å². The number of benzene rings is 1. The van der Waals surface area contributed by atoms with E-state index < -0.39 is 5.97 Å². The second-order valence-corrected chi connectivity index (χ2v) is 5.65. The lowest BCUT2D eigenvalue weighted by Crippen LogP contribution is -2.19. The predicted molar refractivity (Wildman–Crippen MR) is 75.0 cm³/mol. The zero-order valence-corrected chi connectivity index (χ0v) is 11.4. The highest BCUT2D eigenvalue weighted by molar-refractivity contribution is 7.09. The minimum absolute atomic E-state index is 0.348. The zero-order chi connectivity index (χ0) is 13.4. The van der Waals surface area contributed by atoms with Crippen LogP contribution < -0.4 is 4.90 Å². The summed E-state index contributed by atoms with van der Waals surface area (Å²) in [5.74, 6) is -0.875. The van der Waals surface area contributed by atoms with Gasteiger partial charge in [-0.25, -0.2) is 9.78 Å². The lowest BCUT2D eigenvalue weighted by atomic mass is 10.1. The van der Waals surface area contributed by atoms with Crippen molar-refractivity contribution in [3.63, 3.8) is 0 Å². The number of fused-ring (bicyclic) bond motifs is 1. The van der Waals surface area contributed by atoms with Crippen molar-refractivity contribution >= 4 is 23.0 Å². The fourth-order valence-corrected chi connectivity index (χ4v) is 3.17. The summed E-state index contributed by atoms with van der Waals surface area (Å²) in [7, 11) is 0. The average Bonchev–Trinajstić information content (AvgIpc) is 2.96. The highest BCUT2D eigenvalue weighted by atomic mass is 32.1. The van der Waals surface area contributed by atoms with Gasteiger partial charge in [-0.05, 0) is 31.0 Å². The second-order valence-electron chi connectivity index (χ2n) is 4.70. The average molecular weight is 274 g/mol. The van der Waals surface area contributed by atoms with Crippen LogP contribution in [-0.4, -0.2) is 22.6 Å². The lowest BCUT2D eigenvalue weighted by Gasteiger charge is -2.18. The molecule has 2 aromatic rings. The zero-order valence-electron chi connectivity index (χ0n) is 10.6. The van der Waals surface area contributed by atoms with E-state index in [2.05, 4.69) is 9.88 Å². The molecule has 19 heavy (non-hydrogen) atoms. The van der Waals surface area contributed by atoms with Crippen molar-refractivity contribution < 1.29 is 9.90 Å². The van der Waals surface area contributed by atoms with Gasteiger partial charge in [0.1, 0.15) is 5.01 Å². The monoisotopic (exact) mass is 274 g/mol. The van der Waals surface area contributed by atoms with Crippen LogP contribution in [0.4, 0.5) is 5.69 Å². The molecule has 1 aliphatic rings. The highest BCUT2D eigenvalue weighted by Crippen LogP contribution is 2.30. The van der Waals surface area contributed by atoms with Gasteiger partial charge in [0.05, 0.1) is 12.1 Å². The Hall–Kier alpha value is -1.88. The van der Waals surface area contributed by atoms with Crippen molar-refractivity contribution in [1.29, 1.82) is 0 Å². The van der Waals surface area contributed by atoms with Crippen LogP contribution >= 0.6 is 11.3 Å². The molecule has 0 aliphatic carbocycles. The number of carboxylic acids is 1. The number of aromatic nitrogens is 1. The van der Waals surface area contributed by atoms with Gasteiger partial charge in [-0.2, -0.15) is 0 Å². The fraction of sp³-hybridized carbons (Fsp3) is 0.286. The summed E-state index contributed by atoms with van der Waals surface area (Å²) in [5.41, 5.74) is 3.64. The van der Waals surface area contributed by atoms with Crippen LogP contribution in [0.15, 0.2) is 23.6 Å². The van der Waals surface area contributed by atoms with E-state index in [0.717, 1.165) is 35.9 Å². The first-order chi connectivity index (χ1) is 9.13. The van der Waals surface area contributed by atoms with Crippen molar-refractivity contribution in [3.8, 4) is 0 Å². The fourth-order valence-electron chi connectivity index (χ4n) is 2.38. The Morgan fingerprint density at radius 3 is 3.05 bits per heavy atom. The third kappa shape index (κ3) is 2.33. The molecule has 0 fully saturated rings. The molecule has 0 spiro atoms. The molecule has 98 valence electrons. The van der Waals surface area contributed by atoms with Gasteiger partial charge in [-0.3, -0.25) is 0 Å². The summed E-state index contributed by atoms with van der Waals surface area (Å²) in [6.07, 6.45) is 0.972. The van der Waals surface area contributed by atoms with E-state index in [1.165, 1.54) is 5.56 Å².